The Morgan fingerprint density at radius 3 is 1.82 bits per heavy atom. The molecule has 0 aliphatic carbocycles. The molecule has 0 radical (unpaired) electrons. The van der Waals surface area contributed by atoms with Crippen molar-refractivity contribution < 1.29 is 4.74 Å². The molecule has 2 fully saturated rings. The quantitative estimate of drug-likeness (QED) is 0.750. The SMILES string of the molecule is CC(C)N1CCC(OC2CCN(C)CC2)CC1. The number of piperidine rings is 2. The average Bonchev–Trinajstić information content (AvgIpc) is 2.33. The van der Waals surface area contributed by atoms with Crippen LogP contribution in [-0.4, -0.2) is 61.3 Å². The molecule has 0 aromatic heterocycles. The molecular formula is C14H28N2O. The van der Waals surface area contributed by atoms with E-state index in [1.165, 1.54) is 51.9 Å². The van der Waals surface area contributed by atoms with Crippen LogP contribution in [0, 0.1) is 0 Å². The summed E-state index contributed by atoms with van der Waals surface area (Å²) in [6, 6.07) is 0.694. The van der Waals surface area contributed by atoms with Crippen LogP contribution in [0.1, 0.15) is 39.5 Å². The Bertz CT molecular complexity index is 216. The maximum Gasteiger partial charge on any atom is 0.0603 e. The minimum atomic E-state index is 0.526. The third-order valence-corrected chi connectivity index (χ3v) is 4.26. The normalized spacial score (nSPS) is 26.8. The molecule has 0 N–H and O–H groups in total. The Morgan fingerprint density at radius 1 is 0.882 bits per heavy atom. The third-order valence-electron chi connectivity index (χ3n) is 4.26. The molecule has 0 amide bonds. The number of rotatable bonds is 3. The van der Waals surface area contributed by atoms with E-state index < -0.39 is 0 Å². The Morgan fingerprint density at radius 2 is 1.35 bits per heavy atom. The number of nitrogens with zero attached hydrogens (tertiary/aromatic N) is 2. The topological polar surface area (TPSA) is 15.7 Å². The fraction of sp³-hybridized carbons (Fsp3) is 1.00. The van der Waals surface area contributed by atoms with Crippen LogP contribution in [0.5, 0.6) is 0 Å². The first kappa shape index (κ1) is 13.3. The van der Waals surface area contributed by atoms with Gasteiger partial charge < -0.3 is 14.5 Å². The molecule has 0 aromatic rings. The Labute approximate surface area is 106 Å². The second-order valence-corrected chi connectivity index (χ2v) is 5.97. The van der Waals surface area contributed by atoms with Crippen molar-refractivity contribution in [2.24, 2.45) is 0 Å². The van der Waals surface area contributed by atoms with Gasteiger partial charge in [-0.3, -0.25) is 0 Å². The molecule has 2 heterocycles. The summed E-state index contributed by atoms with van der Waals surface area (Å²) < 4.78 is 6.26. The van der Waals surface area contributed by atoms with Crippen LogP contribution in [-0.2, 0) is 4.74 Å². The molecule has 0 saturated carbocycles. The van der Waals surface area contributed by atoms with E-state index in [2.05, 4.69) is 30.7 Å². The van der Waals surface area contributed by atoms with Gasteiger partial charge in [0.1, 0.15) is 0 Å². The highest BCUT2D eigenvalue weighted by atomic mass is 16.5. The molecular weight excluding hydrogens is 212 g/mol. The molecule has 3 heteroatoms. The highest BCUT2D eigenvalue weighted by Gasteiger charge is 2.25. The summed E-state index contributed by atoms with van der Waals surface area (Å²) in [6.45, 7) is 9.42. The van der Waals surface area contributed by atoms with Gasteiger partial charge in [-0.15, -0.1) is 0 Å². The van der Waals surface area contributed by atoms with Crippen molar-refractivity contribution in [2.75, 3.05) is 33.2 Å². The van der Waals surface area contributed by atoms with Crippen LogP contribution in [0.2, 0.25) is 0 Å². The number of likely N-dealkylation sites (tertiary alicyclic amines) is 2. The predicted octanol–water partition coefficient (Wildman–Crippen LogP) is 1.97. The molecule has 2 saturated heterocycles. The second-order valence-electron chi connectivity index (χ2n) is 5.97. The van der Waals surface area contributed by atoms with E-state index in [0.717, 1.165) is 0 Å². The van der Waals surface area contributed by atoms with Crippen molar-refractivity contribution in [3.05, 3.63) is 0 Å². The van der Waals surface area contributed by atoms with Crippen molar-refractivity contribution >= 4 is 0 Å². The minimum Gasteiger partial charge on any atom is -0.375 e. The lowest BCUT2D eigenvalue weighted by molar-refractivity contribution is -0.0654. The van der Waals surface area contributed by atoms with E-state index in [9.17, 15) is 0 Å². The lowest BCUT2D eigenvalue weighted by Crippen LogP contribution is -2.43. The lowest BCUT2D eigenvalue weighted by Gasteiger charge is -2.37. The summed E-state index contributed by atoms with van der Waals surface area (Å²) in [5.74, 6) is 0. The van der Waals surface area contributed by atoms with Crippen LogP contribution < -0.4 is 0 Å². The van der Waals surface area contributed by atoms with E-state index >= 15 is 0 Å². The predicted molar refractivity (Wildman–Crippen MR) is 71.3 cm³/mol. The van der Waals surface area contributed by atoms with Gasteiger partial charge in [0.05, 0.1) is 12.2 Å². The van der Waals surface area contributed by atoms with Crippen LogP contribution in [0.4, 0.5) is 0 Å². The molecule has 0 spiro atoms. The maximum absolute atomic E-state index is 6.26. The molecule has 100 valence electrons. The summed E-state index contributed by atoms with van der Waals surface area (Å²) in [5, 5.41) is 0. The Kier molecular flexibility index (Phi) is 4.83. The summed E-state index contributed by atoms with van der Waals surface area (Å²) >= 11 is 0. The zero-order valence-corrected chi connectivity index (χ0v) is 11.7. The largest absolute Gasteiger partial charge is 0.375 e. The van der Waals surface area contributed by atoms with Crippen LogP contribution in [0.25, 0.3) is 0 Å². The van der Waals surface area contributed by atoms with Crippen molar-refractivity contribution in [2.45, 2.75) is 57.8 Å². The molecule has 0 atom stereocenters. The van der Waals surface area contributed by atoms with Gasteiger partial charge >= 0.3 is 0 Å². The van der Waals surface area contributed by atoms with Crippen LogP contribution in [0.15, 0.2) is 0 Å². The van der Waals surface area contributed by atoms with Crippen molar-refractivity contribution in [3.63, 3.8) is 0 Å². The minimum absolute atomic E-state index is 0.526. The first-order chi connectivity index (χ1) is 8.15. The number of ether oxygens (including phenoxy) is 1. The summed E-state index contributed by atoms with van der Waals surface area (Å²) in [5.41, 5.74) is 0. The van der Waals surface area contributed by atoms with Gasteiger partial charge in [-0.2, -0.15) is 0 Å². The van der Waals surface area contributed by atoms with E-state index in [4.69, 9.17) is 4.74 Å². The van der Waals surface area contributed by atoms with E-state index in [1.807, 2.05) is 0 Å². The highest BCUT2D eigenvalue weighted by Crippen LogP contribution is 2.21. The maximum atomic E-state index is 6.26. The molecule has 0 bridgehead atoms. The Hall–Kier alpha value is -0.120. The van der Waals surface area contributed by atoms with Gasteiger partial charge in [0.15, 0.2) is 0 Å². The third kappa shape index (κ3) is 3.94. The standard InChI is InChI=1S/C14H28N2O/c1-12(2)16-10-6-14(7-11-16)17-13-4-8-15(3)9-5-13/h12-14H,4-11H2,1-3H3. The number of hydrogen-bond donors (Lipinski definition) is 0. The van der Waals surface area contributed by atoms with Crippen LogP contribution >= 0.6 is 0 Å². The number of hydrogen-bond acceptors (Lipinski definition) is 3. The first-order valence-corrected chi connectivity index (χ1v) is 7.23. The van der Waals surface area contributed by atoms with E-state index in [1.54, 1.807) is 0 Å². The zero-order valence-electron chi connectivity index (χ0n) is 11.7. The lowest BCUT2D eigenvalue weighted by atomic mass is 10.0. The monoisotopic (exact) mass is 240 g/mol. The zero-order chi connectivity index (χ0) is 12.3. The van der Waals surface area contributed by atoms with Gasteiger partial charge in [-0.25, -0.2) is 0 Å². The molecule has 0 unspecified atom stereocenters. The highest BCUT2D eigenvalue weighted by molar-refractivity contribution is 4.77. The summed E-state index contributed by atoms with van der Waals surface area (Å²) in [7, 11) is 2.21. The smallest absolute Gasteiger partial charge is 0.0603 e. The van der Waals surface area contributed by atoms with Gasteiger partial charge in [0.2, 0.25) is 0 Å². The summed E-state index contributed by atoms with van der Waals surface area (Å²) in [6.07, 6.45) is 5.96. The molecule has 2 aliphatic heterocycles. The average molecular weight is 240 g/mol. The van der Waals surface area contributed by atoms with Gasteiger partial charge in [-0.05, 0) is 46.6 Å². The van der Waals surface area contributed by atoms with Crippen molar-refractivity contribution in [3.8, 4) is 0 Å². The van der Waals surface area contributed by atoms with Crippen LogP contribution in [0.3, 0.4) is 0 Å². The Balaban J connectivity index is 1.67. The van der Waals surface area contributed by atoms with Crippen molar-refractivity contribution in [1.29, 1.82) is 0 Å². The molecule has 3 nitrogen and oxygen atoms in total. The molecule has 17 heavy (non-hydrogen) atoms. The summed E-state index contributed by atoms with van der Waals surface area (Å²) in [4.78, 5) is 4.97. The van der Waals surface area contributed by atoms with Gasteiger partial charge in [0, 0.05) is 32.2 Å². The van der Waals surface area contributed by atoms with E-state index in [0.29, 0.717) is 18.2 Å². The fourth-order valence-electron chi connectivity index (χ4n) is 2.92. The molecule has 2 aliphatic rings. The fourth-order valence-corrected chi connectivity index (χ4v) is 2.92. The second kappa shape index (κ2) is 6.17. The van der Waals surface area contributed by atoms with Gasteiger partial charge in [0.25, 0.3) is 0 Å². The van der Waals surface area contributed by atoms with Crippen molar-refractivity contribution in [1.82, 2.24) is 9.80 Å². The first-order valence-electron chi connectivity index (χ1n) is 7.23. The van der Waals surface area contributed by atoms with E-state index in [-0.39, 0.29) is 0 Å². The molecule has 2 rings (SSSR count). The van der Waals surface area contributed by atoms with Gasteiger partial charge in [-0.1, -0.05) is 0 Å². The molecule has 0 aromatic carbocycles.